The van der Waals surface area contributed by atoms with Crippen LogP contribution in [0.2, 0.25) is 10.0 Å². The van der Waals surface area contributed by atoms with Gasteiger partial charge >= 0.3 is 0 Å². The van der Waals surface area contributed by atoms with Crippen LogP contribution in [0.5, 0.6) is 5.75 Å². The summed E-state index contributed by atoms with van der Waals surface area (Å²) in [5, 5.41) is 13.4. The van der Waals surface area contributed by atoms with Crippen molar-refractivity contribution < 1.29 is 14.7 Å². The molecule has 4 aromatic rings. The molecule has 178 valence electrons. The molecule has 2 aromatic heterocycles. The third-order valence-electron chi connectivity index (χ3n) is 5.44. The minimum Gasteiger partial charge on any atom is -0.506 e. The van der Waals surface area contributed by atoms with Crippen LogP contribution in [-0.4, -0.2) is 28.9 Å². The van der Waals surface area contributed by atoms with E-state index in [9.17, 15) is 14.7 Å². The number of hydrogen-bond donors (Lipinski definition) is 1. The predicted molar refractivity (Wildman–Crippen MR) is 146 cm³/mol. The van der Waals surface area contributed by atoms with Gasteiger partial charge in [0.2, 0.25) is 0 Å². The lowest BCUT2D eigenvalue weighted by Gasteiger charge is -2.03. The highest BCUT2D eigenvalue weighted by Crippen LogP contribution is 2.40. The van der Waals surface area contributed by atoms with Crippen LogP contribution in [0.1, 0.15) is 43.8 Å². The Morgan fingerprint density at radius 1 is 0.943 bits per heavy atom. The Morgan fingerprint density at radius 2 is 1.66 bits per heavy atom. The van der Waals surface area contributed by atoms with Crippen molar-refractivity contribution in [1.29, 1.82) is 0 Å². The molecule has 0 aliphatic heterocycles. The number of Topliss-reactive ketones (excluding diaryl/α,β-unsaturated/α-hetero) is 2. The van der Waals surface area contributed by atoms with E-state index in [4.69, 9.17) is 23.2 Å². The molecule has 0 amide bonds. The number of halogens is 2. The summed E-state index contributed by atoms with van der Waals surface area (Å²) in [5.74, 6) is -0.0593. The Balaban J connectivity index is 1.40. The maximum Gasteiger partial charge on any atom is 0.194 e. The molecule has 0 aliphatic carbocycles. The quantitative estimate of drug-likeness (QED) is 0.172. The summed E-state index contributed by atoms with van der Waals surface area (Å²) in [4.78, 5) is 31.3. The number of aliphatic imine (C=N–C) groups is 1. The van der Waals surface area contributed by atoms with Gasteiger partial charge in [0, 0.05) is 23.1 Å². The fraction of sp³-hybridized carbons (Fsp3) is 0.148. The lowest BCUT2D eigenvalue weighted by atomic mass is 10.1. The van der Waals surface area contributed by atoms with Gasteiger partial charge in [-0.2, -0.15) is 0 Å². The average Bonchev–Trinajstić information content (AvgIpc) is 3.51. The predicted octanol–water partition coefficient (Wildman–Crippen LogP) is 8.00. The molecule has 4 rings (SSSR count). The van der Waals surface area contributed by atoms with E-state index in [1.807, 2.05) is 30.3 Å². The van der Waals surface area contributed by atoms with Gasteiger partial charge in [0.05, 0.1) is 24.7 Å². The van der Waals surface area contributed by atoms with Gasteiger partial charge in [0.15, 0.2) is 11.6 Å². The van der Waals surface area contributed by atoms with E-state index in [2.05, 4.69) is 4.99 Å². The van der Waals surface area contributed by atoms with Gasteiger partial charge < -0.3 is 5.11 Å². The summed E-state index contributed by atoms with van der Waals surface area (Å²) in [7, 11) is 0. The van der Waals surface area contributed by atoms with Crippen molar-refractivity contribution in [3.8, 4) is 16.2 Å². The molecule has 2 aromatic carbocycles. The van der Waals surface area contributed by atoms with Crippen LogP contribution < -0.4 is 0 Å². The monoisotopic (exact) mass is 541 g/mol. The third kappa shape index (κ3) is 6.08. The van der Waals surface area contributed by atoms with Crippen LogP contribution in [0.4, 0.5) is 0 Å². The summed E-state index contributed by atoms with van der Waals surface area (Å²) in [6.45, 7) is 1.68. The average molecular weight is 543 g/mol. The van der Waals surface area contributed by atoms with E-state index in [1.54, 1.807) is 42.6 Å². The number of aromatic hydroxyl groups is 1. The van der Waals surface area contributed by atoms with Gasteiger partial charge in [-0.3, -0.25) is 14.6 Å². The molecule has 0 unspecified atom stereocenters. The molecule has 1 N–H and O–H groups in total. The summed E-state index contributed by atoms with van der Waals surface area (Å²) in [6, 6.07) is 18.4. The minimum absolute atomic E-state index is 0.0237. The molecule has 0 atom stereocenters. The molecule has 0 fully saturated rings. The van der Waals surface area contributed by atoms with Crippen molar-refractivity contribution in [3.05, 3.63) is 97.0 Å². The molecule has 4 nitrogen and oxygen atoms in total. The maximum atomic E-state index is 12.7. The van der Waals surface area contributed by atoms with Gasteiger partial charge in [-0.1, -0.05) is 59.6 Å². The summed E-state index contributed by atoms with van der Waals surface area (Å²) in [6.07, 6.45) is 1.06. The van der Waals surface area contributed by atoms with Crippen molar-refractivity contribution in [3.63, 3.8) is 0 Å². The molecule has 0 radical (unpaired) electrons. The normalized spacial score (nSPS) is 11.6. The number of benzene rings is 2. The van der Waals surface area contributed by atoms with Crippen molar-refractivity contribution >= 4 is 63.2 Å². The topological polar surface area (TPSA) is 66.7 Å². The maximum absolute atomic E-state index is 12.7. The van der Waals surface area contributed by atoms with Crippen molar-refractivity contribution in [2.75, 3.05) is 6.54 Å². The number of nitrogens with zero attached hydrogens (tertiary/aromatic N) is 1. The first-order valence-corrected chi connectivity index (χ1v) is 13.3. The Bertz CT molecular complexity index is 1410. The van der Waals surface area contributed by atoms with Gasteiger partial charge in [-0.05, 0) is 48.7 Å². The van der Waals surface area contributed by atoms with Crippen LogP contribution in [0, 0.1) is 0 Å². The number of thiophene rings is 2. The SMILES string of the molecule is CC(=NCC(=O)c1ccc(C(=O)CCc2ccccc2)s1)c1csc(-c2ccc(Cl)c(Cl)c2)c1O. The number of hydrogen-bond acceptors (Lipinski definition) is 6. The number of rotatable bonds is 9. The second-order valence-electron chi connectivity index (χ2n) is 7.85. The number of aryl methyl sites for hydroxylation is 1. The molecule has 35 heavy (non-hydrogen) atoms. The van der Waals surface area contributed by atoms with E-state index in [0.717, 1.165) is 11.1 Å². The zero-order chi connectivity index (χ0) is 24.9. The second kappa shape index (κ2) is 11.3. The van der Waals surface area contributed by atoms with Gasteiger partial charge in [-0.25, -0.2) is 0 Å². The third-order valence-corrected chi connectivity index (χ3v) is 8.36. The zero-order valence-electron chi connectivity index (χ0n) is 18.8. The molecule has 0 bridgehead atoms. The van der Waals surface area contributed by atoms with E-state index < -0.39 is 0 Å². The van der Waals surface area contributed by atoms with Crippen LogP contribution in [0.15, 0.2) is 71.0 Å². The van der Waals surface area contributed by atoms with Crippen molar-refractivity contribution in [2.24, 2.45) is 4.99 Å². The van der Waals surface area contributed by atoms with Crippen LogP contribution >= 0.6 is 45.9 Å². The van der Waals surface area contributed by atoms with E-state index in [1.165, 1.54) is 22.7 Å². The summed E-state index contributed by atoms with van der Waals surface area (Å²) < 4.78 is 0. The highest BCUT2D eigenvalue weighted by molar-refractivity contribution is 7.16. The minimum atomic E-state index is -0.170. The Kier molecular flexibility index (Phi) is 8.19. The number of carbonyl (C=O) groups is 2. The first kappa shape index (κ1) is 25.3. The molecule has 0 aliphatic rings. The molecule has 0 saturated carbocycles. The molecular weight excluding hydrogens is 521 g/mol. The molecule has 0 spiro atoms. The van der Waals surface area contributed by atoms with Gasteiger partial charge in [0.25, 0.3) is 0 Å². The first-order chi connectivity index (χ1) is 16.8. The lowest BCUT2D eigenvalue weighted by molar-refractivity contribution is 0.0984. The Labute approximate surface area is 221 Å². The largest absolute Gasteiger partial charge is 0.506 e. The summed E-state index contributed by atoms with van der Waals surface area (Å²) >= 11 is 14.6. The first-order valence-electron chi connectivity index (χ1n) is 10.8. The fourth-order valence-electron chi connectivity index (χ4n) is 3.47. The van der Waals surface area contributed by atoms with Gasteiger partial charge in [-0.15, -0.1) is 22.7 Å². The molecular formula is C27H21Cl2NO3S2. The van der Waals surface area contributed by atoms with Crippen LogP contribution in [0.3, 0.4) is 0 Å². The Hall–Kier alpha value is -2.77. The van der Waals surface area contributed by atoms with Crippen molar-refractivity contribution in [2.45, 2.75) is 19.8 Å². The molecule has 2 heterocycles. The highest BCUT2D eigenvalue weighted by atomic mass is 35.5. The van der Waals surface area contributed by atoms with E-state index >= 15 is 0 Å². The standard InChI is InChI=1S/C27H21Cl2NO3S2/c1-16(19-15-34-27(26(19)33)18-8-9-20(28)21(29)13-18)30-14-23(32)25-12-11-24(35-25)22(31)10-7-17-5-3-2-4-6-17/h2-6,8-9,11-13,15,33H,7,10,14H2,1H3. The fourth-order valence-corrected chi connectivity index (χ4v) is 5.67. The van der Waals surface area contributed by atoms with E-state index in [0.29, 0.717) is 48.8 Å². The van der Waals surface area contributed by atoms with E-state index in [-0.39, 0.29) is 23.9 Å². The van der Waals surface area contributed by atoms with Crippen LogP contribution in [-0.2, 0) is 6.42 Å². The number of ketones is 2. The Morgan fingerprint density at radius 3 is 2.37 bits per heavy atom. The lowest BCUT2D eigenvalue weighted by Crippen LogP contribution is -2.04. The number of carbonyl (C=O) groups excluding carboxylic acids is 2. The zero-order valence-corrected chi connectivity index (χ0v) is 21.9. The molecule has 8 heteroatoms. The smallest absolute Gasteiger partial charge is 0.194 e. The second-order valence-corrected chi connectivity index (χ2v) is 10.6. The van der Waals surface area contributed by atoms with Crippen molar-refractivity contribution in [1.82, 2.24) is 0 Å². The van der Waals surface area contributed by atoms with Gasteiger partial charge in [0.1, 0.15) is 12.3 Å². The summed E-state index contributed by atoms with van der Waals surface area (Å²) in [5.41, 5.74) is 2.97. The van der Waals surface area contributed by atoms with Crippen LogP contribution in [0.25, 0.3) is 10.4 Å². The highest BCUT2D eigenvalue weighted by Gasteiger charge is 2.17. The molecule has 0 saturated heterocycles.